The highest BCUT2D eigenvalue weighted by Gasteiger charge is 2.11. The fraction of sp³-hybridized carbons (Fsp3) is 0.500. The van der Waals surface area contributed by atoms with E-state index in [0.717, 1.165) is 10.5 Å². The molecule has 0 aromatic heterocycles. The molecule has 0 fully saturated rings. The molecule has 16 heavy (non-hydrogen) atoms. The monoisotopic (exact) mass is 339 g/mol. The summed E-state index contributed by atoms with van der Waals surface area (Å²) >= 11 is 2.31. The van der Waals surface area contributed by atoms with E-state index < -0.39 is 11.6 Å². The third-order valence-electron chi connectivity index (χ3n) is 2.46. The number of benzene rings is 1. The second kappa shape index (κ2) is 6.49. The van der Waals surface area contributed by atoms with Crippen LogP contribution in [0.1, 0.15) is 19.4 Å². The molecule has 1 rings (SSSR count). The average Bonchev–Trinajstić information content (AvgIpc) is 2.16. The van der Waals surface area contributed by atoms with Crippen molar-refractivity contribution < 1.29 is 8.78 Å². The van der Waals surface area contributed by atoms with Gasteiger partial charge in [0.2, 0.25) is 0 Å². The Labute approximate surface area is 109 Å². The van der Waals surface area contributed by atoms with Crippen molar-refractivity contribution in [3.8, 4) is 0 Å². The van der Waals surface area contributed by atoms with Crippen molar-refractivity contribution in [2.45, 2.75) is 26.4 Å². The van der Waals surface area contributed by atoms with Crippen LogP contribution in [0.5, 0.6) is 0 Å². The molecule has 1 nitrogen and oxygen atoms in total. The van der Waals surface area contributed by atoms with Crippen LogP contribution in [-0.4, -0.2) is 10.5 Å². The Hall–Kier alpha value is -0.230. The quantitative estimate of drug-likeness (QED) is 0.639. The summed E-state index contributed by atoms with van der Waals surface area (Å²) in [5, 5.41) is 3.30. The SMILES string of the molecule is CC(C)C(CI)NCc1cc(F)cc(F)c1. The maximum Gasteiger partial charge on any atom is 0.126 e. The Balaban J connectivity index is 2.60. The van der Waals surface area contributed by atoms with E-state index in [1.54, 1.807) is 0 Å². The lowest BCUT2D eigenvalue weighted by Crippen LogP contribution is -2.34. The number of hydrogen-bond acceptors (Lipinski definition) is 1. The minimum absolute atomic E-state index is 0.368. The minimum atomic E-state index is -0.521. The molecule has 0 aliphatic heterocycles. The molecule has 1 atom stereocenters. The molecular formula is C12H16F2IN. The lowest BCUT2D eigenvalue weighted by Gasteiger charge is -2.20. The van der Waals surface area contributed by atoms with Crippen molar-refractivity contribution in [1.82, 2.24) is 5.32 Å². The van der Waals surface area contributed by atoms with Crippen LogP contribution in [0.4, 0.5) is 8.78 Å². The summed E-state index contributed by atoms with van der Waals surface area (Å²) in [5.74, 6) is -0.532. The zero-order chi connectivity index (χ0) is 12.1. The molecule has 90 valence electrons. The van der Waals surface area contributed by atoms with Crippen LogP contribution >= 0.6 is 22.6 Å². The summed E-state index contributed by atoms with van der Waals surface area (Å²) in [7, 11) is 0. The van der Waals surface area contributed by atoms with Crippen molar-refractivity contribution in [2.75, 3.05) is 4.43 Å². The maximum absolute atomic E-state index is 12.9. The van der Waals surface area contributed by atoms with Gasteiger partial charge in [-0.15, -0.1) is 0 Å². The van der Waals surface area contributed by atoms with E-state index >= 15 is 0 Å². The Morgan fingerprint density at radius 1 is 1.19 bits per heavy atom. The number of hydrogen-bond donors (Lipinski definition) is 1. The highest BCUT2D eigenvalue weighted by molar-refractivity contribution is 14.1. The minimum Gasteiger partial charge on any atom is -0.309 e. The molecule has 0 bridgehead atoms. The van der Waals surface area contributed by atoms with E-state index in [2.05, 4.69) is 41.8 Å². The average molecular weight is 339 g/mol. The molecule has 0 radical (unpaired) electrons. The van der Waals surface area contributed by atoms with Gasteiger partial charge in [-0.05, 0) is 23.6 Å². The molecule has 0 saturated heterocycles. The van der Waals surface area contributed by atoms with Gasteiger partial charge in [0.15, 0.2) is 0 Å². The van der Waals surface area contributed by atoms with E-state index in [4.69, 9.17) is 0 Å². The van der Waals surface area contributed by atoms with Gasteiger partial charge in [-0.25, -0.2) is 8.78 Å². The largest absolute Gasteiger partial charge is 0.309 e. The van der Waals surface area contributed by atoms with Gasteiger partial charge in [0, 0.05) is 23.1 Å². The number of halogens is 3. The number of nitrogens with one attached hydrogen (secondary N) is 1. The summed E-state index contributed by atoms with van der Waals surface area (Å²) in [6.07, 6.45) is 0. The maximum atomic E-state index is 12.9. The van der Waals surface area contributed by atoms with E-state index in [0.29, 0.717) is 24.1 Å². The van der Waals surface area contributed by atoms with Crippen LogP contribution in [0, 0.1) is 17.6 Å². The second-order valence-corrected chi connectivity index (χ2v) is 5.04. The highest BCUT2D eigenvalue weighted by atomic mass is 127. The topological polar surface area (TPSA) is 12.0 Å². The van der Waals surface area contributed by atoms with E-state index in [-0.39, 0.29) is 0 Å². The van der Waals surface area contributed by atoms with Crippen LogP contribution in [0.15, 0.2) is 18.2 Å². The third-order valence-corrected chi connectivity index (χ3v) is 3.41. The van der Waals surface area contributed by atoms with Gasteiger partial charge in [-0.1, -0.05) is 36.4 Å². The first kappa shape index (κ1) is 13.8. The Kier molecular flexibility index (Phi) is 5.61. The third kappa shape index (κ3) is 4.33. The van der Waals surface area contributed by atoms with Crippen molar-refractivity contribution in [3.05, 3.63) is 35.4 Å². The zero-order valence-electron chi connectivity index (χ0n) is 9.43. The fourth-order valence-electron chi connectivity index (χ4n) is 1.43. The fourth-order valence-corrected chi connectivity index (χ4v) is 2.76. The lowest BCUT2D eigenvalue weighted by molar-refractivity contribution is 0.435. The van der Waals surface area contributed by atoms with Crippen LogP contribution < -0.4 is 5.32 Å². The van der Waals surface area contributed by atoms with Gasteiger partial charge < -0.3 is 5.32 Å². The van der Waals surface area contributed by atoms with Crippen LogP contribution in [0.25, 0.3) is 0 Å². The van der Waals surface area contributed by atoms with Gasteiger partial charge in [0.1, 0.15) is 11.6 Å². The molecular weight excluding hydrogens is 323 g/mol. The molecule has 1 aromatic rings. The Morgan fingerprint density at radius 3 is 2.19 bits per heavy atom. The summed E-state index contributed by atoms with van der Waals surface area (Å²) < 4.78 is 26.8. The second-order valence-electron chi connectivity index (χ2n) is 4.16. The van der Waals surface area contributed by atoms with Crippen molar-refractivity contribution >= 4 is 22.6 Å². The zero-order valence-corrected chi connectivity index (χ0v) is 11.6. The molecule has 0 aliphatic rings. The molecule has 0 spiro atoms. The van der Waals surface area contributed by atoms with Crippen LogP contribution in [0.2, 0.25) is 0 Å². The van der Waals surface area contributed by atoms with Gasteiger partial charge >= 0.3 is 0 Å². The van der Waals surface area contributed by atoms with E-state index in [1.165, 1.54) is 12.1 Å². The van der Waals surface area contributed by atoms with Gasteiger partial charge in [0.05, 0.1) is 0 Å². The predicted octanol–water partition coefficient (Wildman–Crippen LogP) is 3.51. The summed E-state index contributed by atoms with van der Waals surface area (Å²) in [6, 6.07) is 3.98. The molecule has 1 N–H and O–H groups in total. The summed E-state index contributed by atoms with van der Waals surface area (Å²) in [4.78, 5) is 0. The van der Waals surface area contributed by atoms with Crippen molar-refractivity contribution in [3.63, 3.8) is 0 Å². The van der Waals surface area contributed by atoms with Crippen LogP contribution in [-0.2, 0) is 6.54 Å². The molecule has 1 unspecified atom stereocenters. The summed E-state index contributed by atoms with van der Waals surface area (Å²) in [5.41, 5.74) is 0.646. The van der Waals surface area contributed by atoms with E-state index in [9.17, 15) is 8.78 Å². The molecule has 0 aliphatic carbocycles. The van der Waals surface area contributed by atoms with Crippen molar-refractivity contribution in [2.24, 2.45) is 5.92 Å². The predicted molar refractivity (Wildman–Crippen MR) is 70.7 cm³/mol. The van der Waals surface area contributed by atoms with Gasteiger partial charge in [-0.2, -0.15) is 0 Å². The molecule has 0 saturated carbocycles. The first-order chi connectivity index (χ1) is 7.52. The van der Waals surface area contributed by atoms with Gasteiger partial charge in [-0.3, -0.25) is 0 Å². The molecule has 4 heteroatoms. The Bertz CT molecular complexity index is 322. The normalized spacial score (nSPS) is 13.1. The standard InChI is InChI=1S/C12H16F2IN/c1-8(2)12(6-15)16-7-9-3-10(13)5-11(14)4-9/h3-5,8,12,16H,6-7H2,1-2H3. The van der Waals surface area contributed by atoms with E-state index in [1.807, 2.05) is 0 Å². The van der Waals surface area contributed by atoms with Gasteiger partial charge in [0.25, 0.3) is 0 Å². The van der Waals surface area contributed by atoms with Crippen molar-refractivity contribution in [1.29, 1.82) is 0 Å². The smallest absolute Gasteiger partial charge is 0.126 e. The lowest BCUT2D eigenvalue weighted by atomic mass is 10.1. The number of rotatable bonds is 5. The molecule has 0 heterocycles. The van der Waals surface area contributed by atoms with Crippen LogP contribution in [0.3, 0.4) is 0 Å². The molecule has 0 amide bonds. The highest BCUT2D eigenvalue weighted by Crippen LogP contribution is 2.10. The molecule has 1 aromatic carbocycles. The Morgan fingerprint density at radius 2 is 1.75 bits per heavy atom. The first-order valence-electron chi connectivity index (χ1n) is 5.27. The number of alkyl halides is 1. The first-order valence-corrected chi connectivity index (χ1v) is 6.79. The summed E-state index contributed by atoms with van der Waals surface area (Å²) in [6.45, 7) is 4.76.